The summed E-state index contributed by atoms with van der Waals surface area (Å²) in [6, 6.07) is 1.74. The van der Waals surface area contributed by atoms with Crippen LogP contribution in [0.3, 0.4) is 0 Å². The Morgan fingerprint density at radius 2 is 1.52 bits per heavy atom. The summed E-state index contributed by atoms with van der Waals surface area (Å²) in [6.07, 6.45) is 12.4. The Hall–Kier alpha value is -1.52. The lowest BCUT2D eigenvalue weighted by molar-refractivity contribution is -0.146. The molecule has 0 atom stereocenters. The predicted molar refractivity (Wildman–Crippen MR) is 107 cm³/mol. The molecule has 1 aromatic carbocycles. The molecule has 0 bridgehead atoms. The number of hydrogen-bond donors (Lipinski definition) is 1. The molecule has 0 amide bonds. The van der Waals surface area contributed by atoms with E-state index in [0.717, 1.165) is 30.9 Å². The van der Waals surface area contributed by atoms with Crippen molar-refractivity contribution < 1.29 is 23.1 Å². The Labute approximate surface area is 171 Å². The van der Waals surface area contributed by atoms with Crippen LogP contribution in [0.5, 0.6) is 0 Å². The second-order valence-corrected chi connectivity index (χ2v) is 9.26. The third-order valence-electron chi connectivity index (χ3n) is 7.60. The molecule has 2 aliphatic carbocycles. The molecule has 162 valence electrons. The van der Waals surface area contributed by atoms with Gasteiger partial charge in [0, 0.05) is 0 Å². The van der Waals surface area contributed by atoms with Crippen LogP contribution in [0.25, 0.3) is 0 Å². The van der Waals surface area contributed by atoms with Gasteiger partial charge in [-0.3, -0.25) is 4.79 Å². The second kappa shape index (κ2) is 9.53. The minimum absolute atomic E-state index is 0.0551. The fourth-order valence-electron chi connectivity index (χ4n) is 5.69. The number of halogens is 3. The Morgan fingerprint density at radius 1 is 0.966 bits per heavy atom. The van der Waals surface area contributed by atoms with Gasteiger partial charge >= 0.3 is 5.97 Å². The smallest absolute Gasteiger partial charge is 0.314 e. The summed E-state index contributed by atoms with van der Waals surface area (Å²) in [5, 5.41) is 9.89. The Bertz CT molecular complexity index is 679. The van der Waals surface area contributed by atoms with Crippen LogP contribution >= 0.6 is 0 Å². The monoisotopic (exact) mass is 410 g/mol. The molecular formula is C24H33F3O2. The molecule has 2 saturated carbocycles. The summed E-state index contributed by atoms with van der Waals surface area (Å²) in [5.74, 6) is -3.29. The summed E-state index contributed by atoms with van der Waals surface area (Å²) < 4.78 is 40.8. The summed E-state index contributed by atoms with van der Waals surface area (Å²) in [5.41, 5.74) is -1.26. The zero-order valence-electron chi connectivity index (χ0n) is 17.4. The highest BCUT2D eigenvalue weighted by Crippen LogP contribution is 2.48. The number of rotatable bonds is 7. The molecule has 2 aliphatic rings. The van der Waals surface area contributed by atoms with Crippen LogP contribution in [0, 0.1) is 35.2 Å². The van der Waals surface area contributed by atoms with Crippen molar-refractivity contribution in [2.24, 2.45) is 17.8 Å². The third-order valence-corrected chi connectivity index (χ3v) is 7.60. The molecule has 2 fully saturated rings. The minimum atomic E-state index is -1.54. The van der Waals surface area contributed by atoms with Gasteiger partial charge in [-0.15, -0.1) is 0 Å². The molecule has 0 aliphatic heterocycles. The van der Waals surface area contributed by atoms with Crippen molar-refractivity contribution in [2.45, 2.75) is 89.4 Å². The van der Waals surface area contributed by atoms with Gasteiger partial charge in [0.15, 0.2) is 17.5 Å². The van der Waals surface area contributed by atoms with E-state index in [2.05, 4.69) is 6.92 Å². The van der Waals surface area contributed by atoms with Gasteiger partial charge < -0.3 is 5.11 Å². The number of carbonyl (C=O) groups is 1. The zero-order chi connectivity index (χ0) is 21.0. The molecule has 3 rings (SSSR count). The van der Waals surface area contributed by atoms with Crippen LogP contribution in [0.2, 0.25) is 0 Å². The maximum absolute atomic E-state index is 13.7. The largest absolute Gasteiger partial charge is 0.481 e. The van der Waals surface area contributed by atoms with Gasteiger partial charge in [0.1, 0.15) is 0 Å². The van der Waals surface area contributed by atoms with Gasteiger partial charge in [-0.1, -0.05) is 45.4 Å². The van der Waals surface area contributed by atoms with Crippen LogP contribution in [-0.4, -0.2) is 11.1 Å². The first kappa shape index (κ1) is 22.2. The van der Waals surface area contributed by atoms with Crippen molar-refractivity contribution in [2.75, 3.05) is 0 Å². The average Bonchev–Trinajstić information content (AvgIpc) is 2.72. The lowest BCUT2D eigenvalue weighted by Gasteiger charge is -2.42. The Balaban J connectivity index is 1.62. The summed E-state index contributed by atoms with van der Waals surface area (Å²) in [4.78, 5) is 12.1. The second-order valence-electron chi connectivity index (χ2n) is 9.26. The summed E-state index contributed by atoms with van der Waals surface area (Å²) in [7, 11) is 0. The molecule has 0 spiro atoms. The molecule has 0 unspecified atom stereocenters. The molecule has 2 nitrogen and oxygen atoms in total. The normalized spacial score (nSPS) is 30.3. The predicted octanol–water partition coefficient (Wildman–Crippen LogP) is 7.00. The maximum Gasteiger partial charge on any atom is 0.314 e. The van der Waals surface area contributed by atoms with E-state index in [0.29, 0.717) is 24.7 Å². The van der Waals surface area contributed by atoms with Gasteiger partial charge in [0.05, 0.1) is 5.41 Å². The van der Waals surface area contributed by atoms with Gasteiger partial charge in [0.25, 0.3) is 0 Å². The topological polar surface area (TPSA) is 37.3 Å². The number of carboxylic acids is 1. The summed E-state index contributed by atoms with van der Waals surface area (Å²) in [6.45, 7) is 2.23. The van der Waals surface area contributed by atoms with Gasteiger partial charge in [-0.25, -0.2) is 13.2 Å². The van der Waals surface area contributed by atoms with Crippen LogP contribution < -0.4 is 0 Å². The van der Waals surface area contributed by atoms with E-state index in [-0.39, 0.29) is 5.56 Å². The zero-order valence-corrected chi connectivity index (χ0v) is 17.4. The van der Waals surface area contributed by atoms with E-state index in [4.69, 9.17) is 0 Å². The SMILES string of the molecule is CCCCCC1CCC(C2CCC(C(=O)O)(c3cc(F)c(F)c(F)c3)CC2)CC1. The molecule has 1 aromatic rings. The standard InChI is InChI=1S/C24H33F3O2/c1-2-3-4-5-16-6-8-17(9-7-16)18-10-12-24(13-11-18,23(28)29)19-14-20(25)22(27)21(26)15-19/h14-18H,2-13H2,1H3,(H,28,29). The number of benzene rings is 1. The Morgan fingerprint density at radius 3 is 2.03 bits per heavy atom. The van der Waals surface area contributed by atoms with E-state index >= 15 is 0 Å². The molecular weight excluding hydrogens is 377 g/mol. The summed E-state index contributed by atoms with van der Waals surface area (Å²) >= 11 is 0. The van der Waals surface area contributed by atoms with E-state index < -0.39 is 28.8 Å². The first-order valence-corrected chi connectivity index (χ1v) is 11.3. The highest BCUT2D eigenvalue weighted by molar-refractivity contribution is 5.81. The van der Waals surface area contributed by atoms with Crippen molar-refractivity contribution in [3.63, 3.8) is 0 Å². The minimum Gasteiger partial charge on any atom is -0.481 e. The Kier molecular flexibility index (Phi) is 7.28. The molecule has 0 saturated heterocycles. The van der Waals surface area contributed by atoms with Crippen LogP contribution in [-0.2, 0) is 10.2 Å². The first-order chi connectivity index (χ1) is 13.9. The lowest BCUT2D eigenvalue weighted by atomic mass is 9.62. The van der Waals surface area contributed by atoms with Crippen molar-refractivity contribution in [3.8, 4) is 0 Å². The quantitative estimate of drug-likeness (QED) is 0.388. The van der Waals surface area contributed by atoms with E-state index in [1.165, 1.54) is 51.4 Å². The number of carboxylic acid groups (broad SMARTS) is 1. The average molecular weight is 411 g/mol. The fraction of sp³-hybridized carbons (Fsp3) is 0.708. The molecule has 0 radical (unpaired) electrons. The van der Waals surface area contributed by atoms with E-state index in [1.54, 1.807) is 0 Å². The van der Waals surface area contributed by atoms with Gasteiger partial charge in [-0.05, 0) is 74.0 Å². The maximum atomic E-state index is 13.7. The van der Waals surface area contributed by atoms with Crippen molar-refractivity contribution in [1.29, 1.82) is 0 Å². The van der Waals surface area contributed by atoms with E-state index in [1.807, 2.05) is 0 Å². The van der Waals surface area contributed by atoms with Crippen molar-refractivity contribution in [3.05, 3.63) is 35.1 Å². The molecule has 1 N–H and O–H groups in total. The number of aliphatic carboxylic acids is 1. The fourth-order valence-corrected chi connectivity index (χ4v) is 5.69. The first-order valence-electron chi connectivity index (χ1n) is 11.3. The molecule has 0 heterocycles. The van der Waals surface area contributed by atoms with Crippen LogP contribution in [0.1, 0.15) is 89.5 Å². The highest BCUT2D eigenvalue weighted by Gasteiger charge is 2.45. The van der Waals surface area contributed by atoms with Gasteiger partial charge in [-0.2, -0.15) is 0 Å². The van der Waals surface area contributed by atoms with Crippen molar-refractivity contribution in [1.82, 2.24) is 0 Å². The highest BCUT2D eigenvalue weighted by atomic mass is 19.2. The van der Waals surface area contributed by atoms with Crippen molar-refractivity contribution >= 4 is 5.97 Å². The third kappa shape index (κ3) is 4.80. The van der Waals surface area contributed by atoms with E-state index in [9.17, 15) is 23.1 Å². The van der Waals surface area contributed by atoms with Crippen LogP contribution in [0.4, 0.5) is 13.2 Å². The molecule has 0 aromatic heterocycles. The van der Waals surface area contributed by atoms with Crippen LogP contribution in [0.15, 0.2) is 12.1 Å². The lowest BCUT2D eigenvalue weighted by Crippen LogP contribution is -2.41. The molecule has 29 heavy (non-hydrogen) atoms. The molecule has 5 heteroatoms. The van der Waals surface area contributed by atoms with Gasteiger partial charge in [0.2, 0.25) is 0 Å². The number of hydrogen-bond acceptors (Lipinski definition) is 1. The number of unbranched alkanes of at least 4 members (excludes halogenated alkanes) is 2.